The van der Waals surface area contributed by atoms with Crippen LogP contribution in [0.1, 0.15) is 5.82 Å². The van der Waals surface area contributed by atoms with Crippen LogP contribution in [0.4, 0.5) is 10.2 Å². The van der Waals surface area contributed by atoms with Crippen molar-refractivity contribution >= 4 is 22.5 Å². The molecule has 3 heterocycles. The molecule has 0 saturated heterocycles. The molecule has 0 aliphatic rings. The predicted octanol–water partition coefficient (Wildman–Crippen LogP) is 4.02. The Morgan fingerprint density at radius 3 is 2.70 bits per heavy atom. The van der Waals surface area contributed by atoms with Gasteiger partial charge in [-0.2, -0.15) is 9.61 Å². The fourth-order valence-corrected chi connectivity index (χ4v) is 3.07. The highest BCUT2D eigenvalue weighted by Crippen LogP contribution is 2.23. The van der Waals surface area contributed by atoms with Gasteiger partial charge in [0.25, 0.3) is 0 Å². The van der Waals surface area contributed by atoms with Gasteiger partial charge in [0.15, 0.2) is 5.65 Å². The number of aromatic amines is 1. The number of imidazole rings is 1. The quantitative estimate of drug-likeness (QED) is 0.509. The Labute approximate surface area is 153 Å². The van der Waals surface area contributed by atoms with Crippen LogP contribution in [0.5, 0.6) is 0 Å². The SMILES string of the molecule is Fc1ccc(-c2cc(NCc3nc4ccccc4[nH]3)n3nccc3n2)cc1. The molecule has 0 atom stereocenters. The van der Waals surface area contributed by atoms with Crippen molar-refractivity contribution in [2.45, 2.75) is 6.54 Å². The maximum absolute atomic E-state index is 13.2. The first-order valence-corrected chi connectivity index (χ1v) is 8.54. The number of halogens is 1. The van der Waals surface area contributed by atoms with Gasteiger partial charge >= 0.3 is 0 Å². The second-order valence-corrected chi connectivity index (χ2v) is 6.19. The van der Waals surface area contributed by atoms with Crippen LogP contribution in [0.15, 0.2) is 66.9 Å². The number of anilines is 1. The Bertz CT molecular complexity index is 1210. The van der Waals surface area contributed by atoms with E-state index < -0.39 is 0 Å². The van der Waals surface area contributed by atoms with E-state index in [-0.39, 0.29) is 5.82 Å². The molecule has 132 valence electrons. The smallest absolute Gasteiger partial charge is 0.157 e. The first-order valence-electron chi connectivity index (χ1n) is 8.54. The van der Waals surface area contributed by atoms with Gasteiger partial charge in [0.1, 0.15) is 17.5 Å². The zero-order valence-corrected chi connectivity index (χ0v) is 14.2. The van der Waals surface area contributed by atoms with Crippen LogP contribution in [0.25, 0.3) is 27.9 Å². The van der Waals surface area contributed by atoms with Crippen LogP contribution in [0.3, 0.4) is 0 Å². The highest BCUT2D eigenvalue weighted by Gasteiger charge is 2.09. The lowest BCUT2D eigenvalue weighted by molar-refractivity contribution is 0.628. The summed E-state index contributed by atoms with van der Waals surface area (Å²) in [6.07, 6.45) is 1.70. The Kier molecular flexibility index (Phi) is 3.57. The number of aromatic nitrogens is 5. The molecule has 6 nitrogen and oxygen atoms in total. The van der Waals surface area contributed by atoms with Crippen molar-refractivity contribution in [2.24, 2.45) is 0 Å². The van der Waals surface area contributed by atoms with E-state index in [2.05, 4.69) is 25.4 Å². The molecule has 5 rings (SSSR count). The summed E-state index contributed by atoms with van der Waals surface area (Å²) in [5, 5.41) is 7.69. The molecule has 0 unspecified atom stereocenters. The van der Waals surface area contributed by atoms with E-state index in [9.17, 15) is 4.39 Å². The number of benzene rings is 2. The van der Waals surface area contributed by atoms with Gasteiger partial charge in [-0.25, -0.2) is 14.4 Å². The molecule has 0 saturated carbocycles. The van der Waals surface area contributed by atoms with Crippen LogP contribution in [-0.4, -0.2) is 24.6 Å². The van der Waals surface area contributed by atoms with E-state index in [1.165, 1.54) is 12.1 Å². The molecule has 0 amide bonds. The number of nitrogens with zero attached hydrogens (tertiary/aromatic N) is 4. The van der Waals surface area contributed by atoms with E-state index in [1.807, 2.05) is 36.4 Å². The standard InChI is InChI=1S/C20H15FN6/c21-14-7-5-13(6-8-14)17-11-20(27-19(26-17)9-10-23-27)22-12-18-24-15-3-1-2-4-16(15)25-18/h1-11,22H,12H2,(H,24,25). The maximum atomic E-state index is 13.2. The third kappa shape index (κ3) is 2.89. The van der Waals surface area contributed by atoms with E-state index in [1.54, 1.807) is 22.8 Å². The lowest BCUT2D eigenvalue weighted by atomic mass is 10.1. The zero-order chi connectivity index (χ0) is 18.2. The van der Waals surface area contributed by atoms with Crippen molar-refractivity contribution in [3.8, 4) is 11.3 Å². The van der Waals surface area contributed by atoms with Crippen molar-refractivity contribution in [1.29, 1.82) is 0 Å². The van der Waals surface area contributed by atoms with Crippen LogP contribution in [-0.2, 0) is 6.54 Å². The zero-order valence-electron chi connectivity index (χ0n) is 14.2. The average molecular weight is 358 g/mol. The molecule has 0 bridgehead atoms. The fourth-order valence-electron chi connectivity index (χ4n) is 3.07. The summed E-state index contributed by atoms with van der Waals surface area (Å²) in [5.41, 5.74) is 4.23. The molecule has 0 aliphatic carbocycles. The van der Waals surface area contributed by atoms with Crippen LogP contribution in [0, 0.1) is 5.82 Å². The summed E-state index contributed by atoms with van der Waals surface area (Å²) >= 11 is 0. The number of rotatable bonds is 4. The molecular weight excluding hydrogens is 343 g/mol. The number of nitrogens with one attached hydrogen (secondary N) is 2. The number of fused-ring (bicyclic) bond motifs is 2. The molecule has 0 fully saturated rings. The van der Waals surface area contributed by atoms with Crippen molar-refractivity contribution in [3.05, 3.63) is 78.5 Å². The number of para-hydroxylation sites is 2. The monoisotopic (exact) mass is 358 g/mol. The minimum Gasteiger partial charge on any atom is -0.363 e. The largest absolute Gasteiger partial charge is 0.363 e. The van der Waals surface area contributed by atoms with E-state index in [0.29, 0.717) is 12.2 Å². The maximum Gasteiger partial charge on any atom is 0.157 e. The van der Waals surface area contributed by atoms with Gasteiger partial charge in [0.2, 0.25) is 0 Å². The Morgan fingerprint density at radius 2 is 1.85 bits per heavy atom. The van der Waals surface area contributed by atoms with Crippen LogP contribution in [0.2, 0.25) is 0 Å². The van der Waals surface area contributed by atoms with Gasteiger partial charge in [0, 0.05) is 17.7 Å². The normalized spacial score (nSPS) is 11.3. The summed E-state index contributed by atoms with van der Waals surface area (Å²) in [6, 6.07) is 17.9. The summed E-state index contributed by atoms with van der Waals surface area (Å²) in [5.74, 6) is 1.34. The first-order chi connectivity index (χ1) is 13.3. The summed E-state index contributed by atoms with van der Waals surface area (Å²) in [7, 11) is 0. The third-order valence-electron chi connectivity index (χ3n) is 4.37. The highest BCUT2D eigenvalue weighted by molar-refractivity contribution is 5.74. The van der Waals surface area contributed by atoms with Gasteiger partial charge in [-0.05, 0) is 36.4 Å². The lowest BCUT2D eigenvalue weighted by Gasteiger charge is -2.10. The number of hydrogen-bond acceptors (Lipinski definition) is 4. The molecule has 0 aliphatic heterocycles. The minimum atomic E-state index is -0.271. The van der Waals surface area contributed by atoms with Gasteiger partial charge in [-0.1, -0.05) is 12.1 Å². The van der Waals surface area contributed by atoms with Gasteiger partial charge in [-0.3, -0.25) is 0 Å². The summed E-state index contributed by atoms with van der Waals surface area (Å²) in [6.45, 7) is 0.510. The lowest BCUT2D eigenvalue weighted by Crippen LogP contribution is -2.07. The molecule has 0 radical (unpaired) electrons. The number of H-pyrrole nitrogens is 1. The molecule has 3 aromatic heterocycles. The molecule has 7 heteroatoms. The third-order valence-corrected chi connectivity index (χ3v) is 4.37. The Morgan fingerprint density at radius 1 is 1.00 bits per heavy atom. The second-order valence-electron chi connectivity index (χ2n) is 6.19. The molecule has 2 N–H and O–H groups in total. The highest BCUT2D eigenvalue weighted by atomic mass is 19.1. The average Bonchev–Trinajstić information content (AvgIpc) is 3.33. The topological polar surface area (TPSA) is 70.9 Å². The van der Waals surface area contributed by atoms with Crippen molar-refractivity contribution in [3.63, 3.8) is 0 Å². The fraction of sp³-hybridized carbons (Fsp3) is 0.0500. The van der Waals surface area contributed by atoms with Crippen molar-refractivity contribution < 1.29 is 4.39 Å². The van der Waals surface area contributed by atoms with Crippen LogP contribution < -0.4 is 5.32 Å². The van der Waals surface area contributed by atoms with Crippen molar-refractivity contribution in [1.82, 2.24) is 24.6 Å². The number of hydrogen-bond donors (Lipinski definition) is 2. The van der Waals surface area contributed by atoms with Crippen LogP contribution >= 0.6 is 0 Å². The van der Waals surface area contributed by atoms with Gasteiger partial charge in [-0.15, -0.1) is 0 Å². The summed E-state index contributed by atoms with van der Waals surface area (Å²) in [4.78, 5) is 12.5. The van der Waals surface area contributed by atoms with E-state index >= 15 is 0 Å². The molecular formula is C20H15FN6. The molecule has 5 aromatic rings. The van der Waals surface area contributed by atoms with E-state index in [0.717, 1.165) is 33.9 Å². The Balaban J connectivity index is 1.49. The molecule has 27 heavy (non-hydrogen) atoms. The second kappa shape index (κ2) is 6.21. The minimum absolute atomic E-state index is 0.271. The van der Waals surface area contributed by atoms with Gasteiger partial charge < -0.3 is 10.3 Å². The predicted molar refractivity (Wildman–Crippen MR) is 102 cm³/mol. The Hall–Kier alpha value is -3.74. The molecule has 0 spiro atoms. The van der Waals surface area contributed by atoms with Gasteiger partial charge in [0.05, 0.1) is 29.5 Å². The van der Waals surface area contributed by atoms with E-state index in [4.69, 9.17) is 0 Å². The molecule has 2 aromatic carbocycles. The summed E-state index contributed by atoms with van der Waals surface area (Å²) < 4.78 is 15.0. The first kappa shape index (κ1) is 15.5. The van der Waals surface area contributed by atoms with Crippen molar-refractivity contribution in [2.75, 3.05) is 5.32 Å².